The fourth-order valence-corrected chi connectivity index (χ4v) is 3.26. The number of nitrogens with zero attached hydrogens (tertiary/aromatic N) is 6. The lowest BCUT2D eigenvalue weighted by Gasteiger charge is -2.07. The molecule has 3 aromatic heterocycles. The van der Waals surface area contributed by atoms with Gasteiger partial charge in [0.15, 0.2) is 17.7 Å². The molecule has 2 amide bonds. The first-order valence-electron chi connectivity index (χ1n) is 10.1. The third-order valence-corrected chi connectivity index (χ3v) is 4.97. The summed E-state index contributed by atoms with van der Waals surface area (Å²) in [6.07, 6.45) is 5.14. The first-order valence-corrected chi connectivity index (χ1v) is 10.1. The maximum absolute atomic E-state index is 12.5. The number of rotatable bonds is 6. The van der Waals surface area contributed by atoms with Crippen LogP contribution in [0.2, 0.25) is 0 Å². The standard InChI is InChI=1S/C21H20N8O3/c1-27-11-16(28(2)26-27)21(31)22-14-4-3-5-15(10-14)32-19-9-8-18-23-17(12-29(18)25-19)24-20(30)13-6-7-13/h3-5,8-13H,6-7H2,1-2H3,(H-,22,24,30,31)/p+1. The van der Waals surface area contributed by atoms with Crippen LogP contribution < -0.4 is 20.1 Å². The zero-order valence-electron chi connectivity index (χ0n) is 17.5. The van der Waals surface area contributed by atoms with Gasteiger partial charge in [0.2, 0.25) is 11.8 Å². The number of ether oxygens (including phenoxy) is 1. The van der Waals surface area contributed by atoms with E-state index in [1.165, 1.54) is 4.68 Å². The van der Waals surface area contributed by atoms with Gasteiger partial charge in [-0.1, -0.05) is 6.07 Å². The van der Waals surface area contributed by atoms with Crippen LogP contribution in [-0.4, -0.2) is 36.3 Å². The van der Waals surface area contributed by atoms with Gasteiger partial charge in [0, 0.05) is 23.7 Å². The molecule has 3 heterocycles. The number of aryl methyl sites for hydroxylation is 2. The van der Waals surface area contributed by atoms with Gasteiger partial charge < -0.3 is 15.4 Å². The predicted octanol–water partition coefficient (Wildman–Crippen LogP) is 1.68. The normalized spacial score (nSPS) is 13.2. The van der Waals surface area contributed by atoms with E-state index in [1.807, 2.05) is 0 Å². The molecule has 0 unspecified atom stereocenters. The zero-order chi connectivity index (χ0) is 22.2. The van der Waals surface area contributed by atoms with Crippen LogP contribution in [0.25, 0.3) is 5.65 Å². The molecule has 1 saturated carbocycles. The quantitative estimate of drug-likeness (QED) is 0.447. The summed E-state index contributed by atoms with van der Waals surface area (Å²) in [7, 11) is 3.45. The van der Waals surface area contributed by atoms with Crippen LogP contribution in [0.4, 0.5) is 11.5 Å². The fourth-order valence-electron chi connectivity index (χ4n) is 3.26. The summed E-state index contributed by atoms with van der Waals surface area (Å²) < 4.78 is 10.5. The number of nitrogens with one attached hydrogen (secondary N) is 2. The lowest BCUT2D eigenvalue weighted by atomic mass is 10.3. The Bertz CT molecular complexity index is 1340. The maximum atomic E-state index is 12.5. The molecule has 5 rings (SSSR count). The van der Waals surface area contributed by atoms with E-state index < -0.39 is 0 Å². The van der Waals surface area contributed by atoms with Gasteiger partial charge in [-0.3, -0.25) is 9.59 Å². The van der Waals surface area contributed by atoms with E-state index in [4.69, 9.17) is 4.74 Å². The Morgan fingerprint density at radius 1 is 1.19 bits per heavy atom. The molecule has 0 radical (unpaired) electrons. The van der Waals surface area contributed by atoms with Gasteiger partial charge in [0.05, 0.1) is 11.4 Å². The Balaban J connectivity index is 1.29. The van der Waals surface area contributed by atoms with Crippen molar-refractivity contribution in [2.75, 3.05) is 10.6 Å². The summed E-state index contributed by atoms with van der Waals surface area (Å²) in [5.41, 5.74) is 1.59. The van der Waals surface area contributed by atoms with Crippen LogP contribution >= 0.6 is 0 Å². The van der Waals surface area contributed by atoms with Crippen LogP contribution in [0.1, 0.15) is 23.3 Å². The minimum absolute atomic E-state index is 0.0105. The molecule has 0 atom stereocenters. The Labute approximate surface area is 182 Å². The highest BCUT2D eigenvalue weighted by atomic mass is 16.5. The number of carbonyl (C=O) groups excluding carboxylic acids is 2. The number of hydrogen-bond acceptors (Lipinski definition) is 6. The van der Waals surface area contributed by atoms with Crippen molar-refractivity contribution in [2.24, 2.45) is 20.0 Å². The van der Waals surface area contributed by atoms with Crippen LogP contribution in [0.3, 0.4) is 0 Å². The van der Waals surface area contributed by atoms with Crippen molar-refractivity contribution in [2.45, 2.75) is 12.8 Å². The smallest absolute Gasteiger partial charge is 0.301 e. The van der Waals surface area contributed by atoms with Gasteiger partial charge in [-0.05, 0) is 31.0 Å². The average molecular weight is 433 g/mol. The van der Waals surface area contributed by atoms with Gasteiger partial charge >= 0.3 is 5.91 Å². The summed E-state index contributed by atoms with van der Waals surface area (Å²) in [4.78, 5) is 28.8. The molecule has 1 aromatic carbocycles. The van der Waals surface area contributed by atoms with E-state index in [1.54, 1.807) is 72.1 Å². The van der Waals surface area contributed by atoms with Crippen molar-refractivity contribution >= 4 is 29.0 Å². The summed E-state index contributed by atoms with van der Waals surface area (Å²) in [5.74, 6) is 1.12. The van der Waals surface area contributed by atoms with Crippen molar-refractivity contribution in [3.63, 3.8) is 0 Å². The molecule has 1 fully saturated rings. The van der Waals surface area contributed by atoms with Crippen LogP contribution in [0.5, 0.6) is 11.6 Å². The fraction of sp³-hybridized carbons (Fsp3) is 0.238. The van der Waals surface area contributed by atoms with Crippen LogP contribution in [0.15, 0.2) is 48.8 Å². The Morgan fingerprint density at radius 3 is 2.78 bits per heavy atom. The van der Waals surface area contributed by atoms with Gasteiger partial charge in [0.25, 0.3) is 5.69 Å². The molecular weight excluding hydrogens is 412 g/mol. The monoisotopic (exact) mass is 433 g/mol. The molecular formula is C21H21N8O3+. The number of benzene rings is 1. The lowest BCUT2D eigenvalue weighted by Crippen LogP contribution is -2.29. The van der Waals surface area contributed by atoms with Crippen molar-refractivity contribution in [1.29, 1.82) is 0 Å². The highest BCUT2D eigenvalue weighted by molar-refractivity contribution is 6.02. The zero-order valence-corrected chi connectivity index (χ0v) is 17.5. The van der Waals surface area contributed by atoms with E-state index in [2.05, 4.69) is 25.9 Å². The van der Waals surface area contributed by atoms with E-state index in [0.717, 1.165) is 12.8 Å². The molecule has 4 aromatic rings. The van der Waals surface area contributed by atoms with E-state index in [0.29, 0.717) is 34.5 Å². The van der Waals surface area contributed by atoms with Crippen molar-refractivity contribution in [3.8, 4) is 11.6 Å². The topological polar surface area (TPSA) is 119 Å². The number of amides is 2. The molecule has 0 bridgehead atoms. The number of fused-ring (bicyclic) bond motifs is 1. The van der Waals surface area contributed by atoms with E-state index >= 15 is 0 Å². The Morgan fingerprint density at radius 2 is 2.03 bits per heavy atom. The molecule has 0 aliphatic heterocycles. The average Bonchev–Trinajstić information content (AvgIpc) is 3.44. The third kappa shape index (κ3) is 4.13. The van der Waals surface area contributed by atoms with E-state index in [-0.39, 0.29) is 17.7 Å². The first-order chi connectivity index (χ1) is 15.4. The number of hydrogen-bond donors (Lipinski definition) is 2. The number of carbonyl (C=O) groups is 2. The molecule has 0 spiro atoms. The second-order valence-electron chi connectivity index (χ2n) is 7.65. The molecule has 11 nitrogen and oxygen atoms in total. The highest BCUT2D eigenvalue weighted by Gasteiger charge is 2.30. The maximum Gasteiger partial charge on any atom is 0.301 e. The number of imidazole rings is 1. The molecule has 162 valence electrons. The largest absolute Gasteiger partial charge is 0.438 e. The van der Waals surface area contributed by atoms with Gasteiger partial charge in [-0.15, -0.1) is 14.5 Å². The molecule has 0 saturated heterocycles. The van der Waals surface area contributed by atoms with Crippen molar-refractivity contribution in [1.82, 2.24) is 24.5 Å². The predicted molar refractivity (Wildman–Crippen MR) is 113 cm³/mol. The van der Waals surface area contributed by atoms with Crippen LogP contribution in [0, 0.1) is 5.92 Å². The number of aromatic nitrogens is 6. The third-order valence-electron chi connectivity index (χ3n) is 4.97. The summed E-state index contributed by atoms with van der Waals surface area (Å²) >= 11 is 0. The van der Waals surface area contributed by atoms with Gasteiger partial charge in [-0.25, -0.2) is 9.50 Å². The minimum atomic E-state index is -0.281. The van der Waals surface area contributed by atoms with Crippen molar-refractivity contribution < 1.29 is 19.0 Å². The summed E-state index contributed by atoms with van der Waals surface area (Å²) in [6.45, 7) is 0. The second kappa shape index (κ2) is 7.76. The molecule has 32 heavy (non-hydrogen) atoms. The number of anilines is 2. The van der Waals surface area contributed by atoms with Crippen molar-refractivity contribution in [3.05, 3.63) is 54.5 Å². The highest BCUT2D eigenvalue weighted by Crippen LogP contribution is 2.30. The molecule has 1 aliphatic rings. The molecule has 2 N–H and O–H groups in total. The van der Waals surface area contributed by atoms with E-state index in [9.17, 15) is 9.59 Å². The lowest BCUT2D eigenvalue weighted by molar-refractivity contribution is -0.732. The first kappa shape index (κ1) is 19.7. The SMILES string of the molecule is Cn1n[n+](C)cc1C(=O)Nc1cccc(Oc2ccc3nc(NC(=O)C4CC4)cn3n2)c1. The Kier molecular flexibility index (Phi) is 4.77. The van der Waals surface area contributed by atoms with Gasteiger partial charge in [-0.2, -0.15) is 0 Å². The minimum Gasteiger partial charge on any atom is -0.438 e. The molecule has 1 aliphatic carbocycles. The second-order valence-corrected chi connectivity index (χ2v) is 7.65. The summed E-state index contributed by atoms with van der Waals surface area (Å²) in [5, 5.41) is 14.1. The van der Waals surface area contributed by atoms with Crippen LogP contribution in [-0.2, 0) is 18.9 Å². The Hall–Kier alpha value is -4.28. The van der Waals surface area contributed by atoms with Gasteiger partial charge in [0.1, 0.15) is 19.8 Å². The summed E-state index contributed by atoms with van der Waals surface area (Å²) in [6, 6.07) is 10.5. The molecule has 11 heteroatoms.